The zero-order chi connectivity index (χ0) is 17.9. The Kier molecular flexibility index (Phi) is 4.43. The van der Waals surface area contributed by atoms with Gasteiger partial charge in [-0.1, -0.05) is 30.3 Å². The molecule has 1 aromatic carbocycles. The lowest BCUT2D eigenvalue weighted by molar-refractivity contribution is 0.249. The SMILES string of the molecule is CC(NC(=O)Nc1cc2[nH]nc(NCC3CC3)c2cn1)c1ccccc1. The third kappa shape index (κ3) is 3.77. The van der Waals surface area contributed by atoms with Crippen LogP contribution in [0.2, 0.25) is 0 Å². The topological polar surface area (TPSA) is 94.7 Å². The van der Waals surface area contributed by atoms with Crippen molar-refractivity contribution >= 4 is 28.6 Å². The minimum atomic E-state index is -0.292. The highest BCUT2D eigenvalue weighted by molar-refractivity contribution is 5.94. The van der Waals surface area contributed by atoms with Crippen molar-refractivity contribution < 1.29 is 4.79 Å². The molecule has 2 heterocycles. The number of benzene rings is 1. The molecule has 1 unspecified atom stereocenters. The molecule has 4 N–H and O–H groups in total. The Hall–Kier alpha value is -3.09. The first-order valence-electron chi connectivity index (χ1n) is 8.89. The monoisotopic (exact) mass is 350 g/mol. The van der Waals surface area contributed by atoms with Gasteiger partial charge in [-0.15, -0.1) is 0 Å². The summed E-state index contributed by atoms with van der Waals surface area (Å²) in [6.45, 7) is 2.89. The number of H-pyrrole nitrogens is 1. The number of nitrogens with one attached hydrogen (secondary N) is 4. The number of hydrogen-bond donors (Lipinski definition) is 4. The number of carbonyl (C=O) groups excluding carboxylic acids is 1. The highest BCUT2D eigenvalue weighted by Gasteiger charge is 2.21. The number of amides is 2. The van der Waals surface area contributed by atoms with Gasteiger partial charge in [-0.2, -0.15) is 5.10 Å². The first-order chi connectivity index (χ1) is 12.7. The minimum Gasteiger partial charge on any atom is -0.368 e. The Morgan fingerprint density at radius 1 is 1.31 bits per heavy atom. The highest BCUT2D eigenvalue weighted by Crippen LogP contribution is 2.30. The summed E-state index contributed by atoms with van der Waals surface area (Å²) in [4.78, 5) is 16.6. The predicted molar refractivity (Wildman–Crippen MR) is 102 cm³/mol. The Labute approximate surface area is 151 Å². The molecule has 1 saturated carbocycles. The van der Waals surface area contributed by atoms with Crippen LogP contribution in [-0.2, 0) is 0 Å². The number of aromatic nitrogens is 3. The fraction of sp³-hybridized carbons (Fsp3) is 0.316. The summed E-state index contributed by atoms with van der Waals surface area (Å²) < 4.78 is 0. The summed E-state index contributed by atoms with van der Waals surface area (Å²) in [6, 6.07) is 11.2. The third-order valence-electron chi connectivity index (χ3n) is 4.59. The van der Waals surface area contributed by atoms with Gasteiger partial charge >= 0.3 is 6.03 Å². The van der Waals surface area contributed by atoms with E-state index in [-0.39, 0.29) is 12.1 Å². The lowest BCUT2D eigenvalue weighted by Gasteiger charge is -2.14. The standard InChI is InChI=1S/C19H22N6O/c1-12(14-5-3-2-4-6-14)22-19(26)23-17-9-16-15(11-20-17)18(25-24-16)21-10-13-7-8-13/h2-6,9,11-13H,7-8,10H2,1H3,(H2,21,24,25)(H2,20,22,23,26). The molecule has 2 amide bonds. The van der Waals surface area contributed by atoms with E-state index in [0.717, 1.165) is 34.7 Å². The number of nitrogens with zero attached hydrogens (tertiary/aromatic N) is 2. The molecule has 134 valence electrons. The van der Waals surface area contributed by atoms with Crippen LogP contribution in [0.15, 0.2) is 42.6 Å². The van der Waals surface area contributed by atoms with Gasteiger partial charge < -0.3 is 10.6 Å². The van der Waals surface area contributed by atoms with Gasteiger partial charge in [-0.05, 0) is 31.2 Å². The molecule has 7 heteroatoms. The first kappa shape index (κ1) is 16.4. The summed E-state index contributed by atoms with van der Waals surface area (Å²) in [5.74, 6) is 2.06. The van der Waals surface area contributed by atoms with Crippen LogP contribution in [0.1, 0.15) is 31.4 Å². The summed E-state index contributed by atoms with van der Waals surface area (Å²) >= 11 is 0. The van der Waals surface area contributed by atoms with E-state index < -0.39 is 0 Å². The van der Waals surface area contributed by atoms with Crippen molar-refractivity contribution in [3.05, 3.63) is 48.2 Å². The average Bonchev–Trinajstić information content (AvgIpc) is 3.40. The molecule has 3 aromatic rings. The van der Waals surface area contributed by atoms with Crippen LogP contribution in [0.3, 0.4) is 0 Å². The van der Waals surface area contributed by atoms with Crippen molar-refractivity contribution in [2.45, 2.75) is 25.8 Å². The molecule has 1 aliphatic rings. The minimum absolute atomic E-state index is 0.0923. The third-order valence-corrected chi connectivity index (χ3v) is 4.59. The van der Waals surface area contributed by atoms with Gasteiger partial charge in [0.1, 0.15) is 5.82 Å². The molecule has 0 bridgehead atoms. The van der Waals surface area contributed by atoms with E-state index in [1.807, 2.05) is 37.3 Å². The maximum atomic E-state index is 12.2. The second-order valence-corrected chi connectivity index (χ2v) is 6.74. The smallest absolute Gasteiger partial charge is 0.320 e. The highest BCUT2D eigenvalue weighted by atomic mass is 16.2. The number of hydrogen-bond acceptors (Lipinski definition) is 4. The van der Waals surface area contributed by atoms with Crippen LogP contribution in [-0.4, -0.2) is 27.8 Å². The average molecular weight is 350 g/mol. The van der Waals surface area contributed by atoms with Gasteiger partial charge in [0.25, 0.3) is 0 Å². The fourth-order valence-corrected chi connectivity index (χ4v) is 2.85. The second-order valence-electron chi connectivity index (χ2n) is 6.74. The zero-order valence-electron chi connectivity index (χ0n) is 14.6. The van der Waals surface area contributed by atoms with E-state index in [0.29, 0.717) is 5.82 Å². The van der Waals surface area contributed by atoms with Gasteiger partial charge in [0.15, 0.2) is 5.82 Å². The lowest BCUT2D eigenvalue weighted by atomic mass is 10.1. The van der Waals surface area contributed by atoms with Crippen LogP contribution in [0.25, 0.3) is 10.9 Å². The van der Waals surface area contributed by atoms with Crippen molar-refractivity contribution in [2.24, 2.45) is 5.92 Å². The molecule has 0 aliphatic heterocycles. The maximum absolute atomic E-state index is 12.2. The maximum Gasteiger partial charge on any atom is 0.320 e. The van der Waals surface area contributed by atoms with E-state index in [1.54, 1.807) is 12.3 Å². The van der Waals surface area contributed by atoms with Crippen molar-refractivity contribution in [1.29, 1.82) is 0 Å². The first-order valence-corrected chi connectivity index (χ1v) is 8.89. The number of pyridine rings is 1. The molecule has 26 heavy (non-hydrogen) atoms. The largest absolute Gasteiger partial charge is 0.368 e. The number of carbonyl (C=O) groups is 1. The molecule has 1 aliphatic carbocycles. The van der Waals surface area contributed by atoms with Crippen molar-refractivity contribution in [3.8, 4) is 0 Å². The number of fused-ring (bicyclic) bond motifs is 1. The summed E-state index contributed by atoms with van der Waals surface area (Å²) in [6.07, 6.45) is 4.31. The quantitative estimate of drug-likeness (QED) is 0.546. The molecule has 0 spiro atoms. The number of aromatic amines is 1. The Morgan fingerprint density at radius 3 is 2.88 bits per heavy atom. The molecule has 1 fully saturated rings. The van der Waals surface area contributed by atoms with Gasteiger partial charge in [0.2, 0.25) is 0 Å². The van der Waals surface area contributed by atoms with Crippen molar-refractivity contribution in [1.82, 2.24) is 20.5 Å². The van der Waals surface area contributed by atoms with Crippen molar-refractivity contribution in [3.63, 3.8) is 0 Å². The van der Waals surface area contributed by atoms with E-state index in [1.165, 1.54) is 12.8 Å². The Morgan fingerprint density at radius 2 is 2.12 bits per heavy atom. The van der Waals surface area contributed by atoms with Gasteiger partial charge in [0.05, 0.1) is 16.9 Å². The van der Waals surface area contributed by atoms with Crippen LogP contribution < -0.4 is 16.0 Å². The summed E-state index contributed by atoms with van der Waals surface area (Å²) in [5.41, 5.74) is 1.88. The van der Waals surface area contributed by atoms with E-state index in [2.05, 4.69) is 31.1 Å². The molecule has 7 nitrogen and oxygen atoms in total. The van der Waals surface area contributed by atoms with Crippen molar-refractivity contribution in [2.75, 3.05) is 17.2 Å². The molecule has 4 rings (SSSR count). The molecule has 0 saturated heterocycles. The molecule has 1 atom stereocenters. The van der Waals surface area contributed by atoms with Gasteiger partial charge in [-0.3, -0.25) is 10.4 Å². The van der Waals surface area contributed by atoms with Crippen LogP contribution in [0.5, 0.6) is 0 Å². The van der Waals surface area contributed by atoms with Crippen LogP contribution in [0.4, 0.5) is 16.4 Å². The number of urea groups is 1. The number of anilines is 2. The van der Waals surface area contributed by atoms with Gasteiger partial charge in [0, 0.05) is 18.8 Å². The summed E-state index contributed by atoms with van der Waals surface area (Å²) in [7, 11) is 0. The van der Waals surface area contributed by atoms with E-state index >= 15 is 0 Å². The Balaban J connectivity index is 1.39. The normalized spacial score (nSPS) is 14.8. The van der Waals surface area contributed by atoms with E-state index in [9.17, 15) is 4.79 Å². The lowest BCUT2D eigenvalue weighted by Crippen LogP contribution is -2.31. The summed E-state index contributed by atoms with van der Waals surface area (Å²) in [5, 5.41) is 17.2. The predicted octanol–water partition coefficient (Wildman–Crippen LogP) is 3.66. The number of rotatable bonds is 6. The van der Waals surface area contributed by atoms with Crippen LogP contribution >= 0.6 is 0 Å². The molecule has 2 aromatic heterocycles. The van der Waals surface area contributed by atoms with Gasteiger partial charge in [-0.25, -0.2) is 9.78 Å². The fourth-order valence-electron chi connectivity index (χ4n) is 2.85. The molecular formula is C19H22N6O. The Bertz CT molecular complexity index is 903. The molecule has 0 radical (unpaired) electrons. The van der Waals surface area contributed by atoms with Crippen LogP contribution in [0, 0.1) is 5.92 Å². The zero-order valence-corrected chi connectivity index (χ0v) is 14.6. The second kappa shape index (κ2) is 7.03. The molecular weight excluding hydrogens is 328 g/mol. The van der Waals surface area contributed by atoms with E-state index in [4.69, 9.17) is 0 Å².